The third-order valence-corrected chi connectivity index (χ3v) is 3.34. The highest BCUT2D eigenvalue weighted by Gasteiger charge is 2.36. The van der Waals surface area contributed by atoms with Gasteiger partial charge in [0.05, 0.1) is 12.6 Å². The lowest BCUT2D eigenvalue weighted by Crippen LogP contribution is -2.32. The smallest absolute Gasteiger partial charge is 0.410 e. The van der Waals surface area contributed by atoms with Crippen LogP contribution in [0.1, 0.15) is 31.9 Å². The molecule has 92 valence electrons. The van der Waals surface area contributed by atoms with Gasteiger partial charge in [-0.25, -0.2) is 4.79 Å². The molecular formula is C14H19NO2. The van der Waals surface area contributed by atoms with Crippen molar-refractivity contribution in [3.63, 3.8) is 0 Å². The van der Waals surface area contributed by atoms with Gasteiger partial charge in [0.25, 0.3) is 0 Å². The minimum Gasteiger partial charge on any atom is -0.450 e. The van der Waals surface area contributed by atoms with Crippen LogP contribution in [-0.4, -0.2) is 24.1 Å². The number of amides is 1. The molecule has 17 heavy (non-hydrogen) atoms. The Bertz CT molecular complexity index is 377. The summed E-state index contributed by atoms with van der Waals surface area (Å²) < 4.78 is 5.11. The predicted octanol–water partition coefficient (Wildman–Crippen LogP) is 3.23. The van der Waals surface area contributed by atoms with Gasteiger partial charge in [0.1, 0.15) is 0 Å². The zero-order valence-electron chi connectivity index (χ0n) is 10.4. The number of nitrogens with zero attached hydrogens (tertiary/aromatic N) is 1. The molecule has 0 spiro atoms. The van der Waals surface area contributed by atoms with Gasteiger partial charge in [0.15, 0.2) is 0 Å². The van der Waals surface area contributed by atoms with Crippen molar-refractivity contribution in [1.29, 1.82) is 0 Å². The third-order valence-electron chi connectivity index (χ3n) is 3.34. The number of likely N-dealkylation sites (tertiary alicyclic amines) is 1. The Morgan fingerprint density at radius 1 is 1.41 bits per heavy atom. The first kappa shape index (κ1) is 12.0. The van der Waals surface area contributed by atoms with Gasteiger partial charge < -0.3 is 9.64 Å². The van der Waals surface area contributed by atoms with E-state index in [0.29, 0.717) is 12.5 Å². The topological polar surface area (TPSA) is 29.5 Å². The molecule has 0 aliphatic carbocycles. The van der Waals surface area contributed by atoms with Gasteiger partial charge in [-0.1, -0.05) is 37.3 Å². The van der Waals surface area contributed by atoms with Crippen LogP contribution >= 0.6 is 0 Å². The van der Waals surface area contributed by atoms with Gasteiger partial charge in [-0.15, -0.1) is 0 Å². The highest BCUT2D eigenvalue weighted by molar-refractivity contribution is 5.68. The molecular weight excluding hydrogens is 214 g/mol. The van der Waals surface area contributed by atoms with Crippen LogP contribution in [0.25, 0.3) is 0 Å². The molecule has 1 aromatic carbocycles. The third kappa shape index (κ3) is 2.43. The molecule has 1 fully saturated rings. The minimum atomic E-state index is -0.189. The van der Waals surface area contributed by atoms with Gasteiger partial charge in [-0.05, 0) is 24.8 Å². The number of rotatable bonds is 2. The van der Waals surface area contributed by atoms with Crippen LogP contribution in [0, 0.1) is 5.92 Å². The van der Waals surface area contributed by atoms with Gasteiger partial charge in [-0.2, -0.15) is 0 Å². The summed E-state index contributed by atoms with van der Waals surface area (Å²) in [6.45, 7) is 5.26. The second-order valence-corrected chi connectivity index (χ2v) is 4.51. The molecule has 2 rings (SSSR count). The summed E-state index contributed by atoms with van der Waals surface area (Å²) in [5.41, 5.74) is 1.20. The Labute approximate surface area is 102 Å². The number of carbonyl (C=O) groups excluding carboxylic acids is 1. The fourth-order valence-corrected chi connectivity index (χ4v) is 2.52. The number of hydrogen-bond donors (Lipinski definition) is 0. The first-order chi connectivity index (χ1) is 8.24. The minimum absolute atomic E-state index is 0.162. The van der Waals surface area contributed by atoms with Crippen LogP contribution in [0.4, 0.5) is 4.79 Å². The van der Waals surface area contributed by atoms with Crippen molar-refractivity contribution < 1.29 is 9.53 Å². The maximum atomic E-state index is 11.9. The van der Waals surface area contributed by atoms with Gasteiger partial charge >= 0.3 is 6.09 Å². The van der Waals surface area contributed by atoms with E-state index < -0.39 is 0 Å². The zero-order valence-corrected chi connectivity index (χ0v) is 10.4. The van der Waals surface area contributed by atoms with Crippen molar-refractivity contribution in [3.8, 4) is 0 Å². The molecule has 0 N–H and O–H groups in total. The normalized spacial score (nSPS) is 23.8. The molecule has 1 aromatic rings. The van der Waals surface area contributed by atoms with E-state index in [1.54, 1.807) is 0 Å². The standard InChI is InChI=1S/C14H19NO2/c1-3-17-14(16)15-10-9-11(2)13(15)12-7-5-4-6-8-12/h4-8,11,13H,3,9-10H2,1-2H3. The van der Waals surface area contributed by atoms with Crippen LogP contribution < -0.4 is 0 Å². The summed E-state index contributed by atoms with van der Waals surface area (Å²) in [7, 11) is 0. The second kappa shape index (κ2) is 5.21. The molecule has 1 heterocycles. The average Bonchev–Trinajstić information content (AvgIpc) is 2.73. The highest BCUT2D eigenvalue weighted by Crippen LogP contribution is 2.37. The fraction of sp³-hybridized carbons (Fsp3) is 0.500. The lowest BCUT2D eigenvalue weighted by atomic mass is 9.96. The van der Waals surface area contributed by atoms with Crippen LogP contribution in [0.2, 0.25) is 0 Å². The number of carbonyl (C=O) groups is 1. The van der Waals surface area contributed by atoms with E-state index in [0.717, 1.165) is 13.0 Å². The first-order valence-corrected chi connectivity index (χ1v) is 6.22. The van der Waals surface area contributed by atoms with E-state index in [9.17, 15) is 4.79 Å². The molecule has 1 amide bonds. The van der Waals surface area contributed by atoms with Gasteiger partial charge in [0.2, 0.25) is 0 Å². The van der Waals surface area contributed by atoms with Gasteiger partial charge in [-0.3, -0.25) is 0 Å². The monoisotopic (exact) mass is 233 g/mol. The van der Waals surface area contributed by atoms with Crippen molar-refractivity contribution in [2.24, 2.45) is 5.92 Å². The average molecular weight is 233 g/mol. The van der Waals surface area contributed by atoms with E-state index in [4.69, 9.17) is 4.74 Å². The van der Waals surface area contributed by atoms with Crippen molar-refractivity contribution in [3.05, 3.63) is 35.9 Å². The quantitative estimate of drug-likeness (QED) is 0.785. The molecule has 0 aromatic heterocycles. The number of benzene rings is 1. The maximum Gasteiger partial charge on any atom is 0.410 e. The van der Waals surface area contributed by atoms with E-state index in [-0.39, 0.29) is 12.1 Å². The summed E-state index contributed by atoms with van der Waals surface area (Å²) in [5, 5.41) is 0. The molecule has 1 aliphatic rings. The van der Waals surface area contributed by atoms with Gasteiger partial charge in [0, 0.05) is 6.54 Å². The lowest BCUT2D eigenvalue weighted by Gasteiger charge is -2.26. The van der Waals surface area contributed by atoms with Crippen LogP contribution in [0.15, 0.2) is 30.3 Å². The molecule has 1 aliphatic heterocycles. The van der Waals surface area contributed by atoms with Crippen LogP contribution in [0.5, 0.6) is 0 Å². The van der Waals surface area contributed by atoms with Crippen LogP contribution in [0.3, 0.4) is 0 Å². The molecule has 0 saturated carbocycles. The lowest BCUT2D eigenvalue weighted by molar-refractivity contribution is 0.0993. The van der Waals surface area contributed by atoms with E-state index in [1.807, 2.05) is 30.0 Å². The Morgan fingerprint density at radius 2 is 2.12 bits per heavy atom. The molecule has 0 radical (unpaired) electrons. The van der Waals surface area contributed by atoms with Crippen molar-refractivity contribution in [2.75, 3.05) is 13.2 Å². The summed E-state index contributed by atoms with van der Waals surface area (Å²) in [4.78, 5) is 13.7. The Hall–Kier alpha value is -1.51. The highest BCUT2D eigenvalue weighted by atomic mass is 16.6. The summed E-state index contributed by atoms with van der Waals surface area (Å²) in [6.07, 6.45) is 0.851. The van der Waals surface area contributed by atoms with Crippen molar-refractivity contribution in [2.45, 2.75) is 26.3 Å². The molecule has 2 atom stereocenters. The Kier molecular flexibility index (Phi) is 3.67. The predicted molar refractivity (Wildman–Crippen MR) is 66.7 cm³/mol. The Balaban J connectivity index is 2.20. The first-order valence-electron chi connectivity index (χ1n) is 6.22. The second-order valence-electron chi connectivity index (χ2n) is 4.51. The van der Waals surface area contributed by atoms with E-state index in [1.165, 1.54) is 5.56 Å². The number of ether oxygens (including phenoxy) is 1. The Morgan fingerprint density at radius 3 is 2.76 bits per heavy atom. The molecule has 0 bridgehead atoms. The summed E-state index contributed by atoms with van der Waals surface area (Å²) in [5.74, 6) is 0.488. The zero-order chi connectivity index (χ0) is 12.3. The maximum absolute atomic E-state index is 11.9. The summed E-state index contributed by atoms with van der Waals surface area (Å²) in [6, 6.07) is 10.4. The summed E-state index contributed by atoms with van der Waals surface area (Å²) >= 11 is 0. The SMILES string of the molecule is CCOC(=O)N1CCC(C)C1c1ccccc1. The number of hydrogen-bond acceptors (Lipinski definition) is 2. The molecule has 1 saturated heterocycles. The van der Waals surface area contributed by atoms with E-state index >= 15 is 0 Å². The van der Waals surface area contributed by atoms with E-state index in [2.05, 4.69) is 19.1 Å². The fourth-order valence-electron chi connectivity index (χ4n) is 2.52. The molecule has 2 unspecified atom stereocenters. The molecule has 3 heteroatoms. The van der Waals surface area contributed by atoms with Crippen LogP contribution in [-0.2, 0) is 4.74 Å². The van der Waals surface area contributed by atoms with Crippen molar-refractivity contribution >= 4 is 6.09 Å². The van der Waals surface area contributed by atoms with Crippen molar-refractivity contribution in [1.82, 2.24) is 4.90 Å². The largest absolute Gasteiger partial charge is 0.450 e. The molecule has 3 nitrogen and oxygen atoms in total.